The van der Waals surface area contributed by atoms with Crippen LogP contribution in [0.3, 0.4) is 0 Å². The third kappa shape index (κ3) is 3.76. The van der Waals surface area contributed by atoms with Crippen LogP contribution in [0.2, 0.25) is 0 Å². The van der Waals surface area contributed by atoms with Crippen molar-refractivity contribution in [3.63, 3.8) is 0 Å². The average molecular weight is 361 g/mol. The lowest BCUT2D eigenvalue weighted by molar-refractivity contribution is -0.140. The maximum Gasteiger partial charge on any atom is 0.326 e. The van der Waals surface area contributed by atoms with E-state index in [0.717, 1.165) is 10.4 Å². The smallest absolute Gasteiger partial charge is 0.326 e. The summed E-state index contributed by atoms with van der Waals surface area (Å²) < 4.78 is 11.1. The van der Waals surface area contributed by atoms with Crippen LogP contribution in [0.15, 0.2) is 30.3 Å². The second-order valence-corrected chi connectivity index (χ2v) is 7.14. The Morgan fingerprint density at radius 2 is 1.84 bits per heavy atom. The summed E-state index contributed by atoms with van der Waals surface area (Å²) in [6.45, 7) is 4.57. The first-order chi connectivity index (χ1) is 12.0. The highest BCUT2D eigenvalue weighted by Crippen LogP contribution is 2.36. The van der Waals surface area contributed by atoms with Crippen LogP contribution in [-0.4, -0.2) is 36.2 Å². The van der Waals surface area contributed by atoms with Gasteiger partial charge in [-0.25, -0.2) is 4.79 Å². The van der Waals surface area contributed by atoms with Gasteiger partial charge in [0.1, 0.15) is 19.3 Å². The largest absolute Gasteiger partial charge is 0.486 e. The van der Waals surface area contributed by atoms with E-state index in [9.17, 15) is 14.7 Å². The number of hydrogen-bond acceptors (Lipinski definition) is 5. The van der Waals surface area contributed by atoms with Crippen LogP contribution >= 0.6 is 11.3 Å². The fraction of sp³-hybridized carbons (Fsp3) is 0.333. The Bertz CT molecular complexity index is 799. The number of hydrogen-bond donors (Lipinski definition) is 2. The van der Waals surface area contributed by atoms with Crippen LogP contribution in [0, 0.1) is 5.92 Å². The molecular formula is C18H19NO5S. The molecule has 7 heteroatoms. The number of carbonyl (C=O) groups excluding carboxylic acids is 1. The molecule has 2 aromatic rings. The highest BCUT2D eigenvalue weighted by Gasteiger charge is 2.24. The van der Waals surface area contributed by atoms with Gasteiger partial charge in [0.2, 0.25) is 0 Å². The lowest BCUT2D eigenvalue weighted by Gasteiger charge is -2.18. The van der Waals surface area contributed by atoms with E-state index in [4.69, 9.17) is 9.47 Å². The lowest BCUT2D eigenvalue weighted by Crippen LogP contribution is -2.44. The maximum atomic E-state index is 12.3. The van der Waals surface area contributed by atoms with Gasteiger partial charge in [-0.05, 0) is 41.8 Å². The SMILES string of the molecule is CC(C)[C@@H](NC(=O)c1ccc(-c2ccc3c(c2)OCCO3)s1)C(=O)O. The van der Waals surface area contributed by atoms with Crippen LogP contribution in [0.4, 0.5) is 0 Å². The molecule has 0 bridgehead atoms. The maximum absolute atomic E-state index is 12.3. The summed E-state index contributed by atoms with van der Waals surface area (Å²) in [6, 6.07) is 8.28. The van der Waals surface area contributed by atoms with Crippen molar-refractivity contribution in [1.29, 1.82) is 0 Å². The molecule has 25 heavy (non-hydrogen) atoms. The topological polar surface area (TPSA) is 84.9 Å². The van der Waals surface area contributed by atoms with Crippen molar-refractivity contribution >= 4 is 23.2 Å². The van der Waals surface area contributed by atoms with E-state index in [-0.39, 0.29) is 11.8 Å². The number of ether oxygens (including phenoxy) is 2. The highest BCUT2D eigenvalue weighted by atomic mass is 32.1. The Balaban J connectivity index is 1.78. The molecule has 1 aliphatic rings. The first kappa shape index (κ1) is 17.3. The molecule has 0 radical (unpaired) electrons. The Morgan fingerprint density at radius 3 is 2.52 bits per heavy atom. The first-order valence-corrected chi connectivity index (χ1v) is 8.81. The predicted molar refractivity (Wildman–Crippen MR) is 94.5 cm³/mol. The molecule has 1 atom stereocenters. The molecule has 2 N–H and O–H groups in total. The fourth-order valence-electron chi connectivity index (χ4n) is 2.54. The van der Waals surface area contributed by atoms with Crippen LogP contribution in [0.1, 0.15) is 23.5 Å². The molecule has 0 spiro atoms. The van der Waals surface area contributed by atoms with Gasteiger partial charge in [-0.3, -0.25) is 4.79 Å². The van der Waals surface area contributed by atoms with E-state index >= 15 is 0 Å². The highest BCUT2D eigenvalue weighted by molar-refractivity contribution is 7.17. The molecule has 1 amide bonds. The van der Waals surface area contributed by atoms with Crippen LogP contribution in [0.25, 0.3) is 10.4 Å². The van der Waals surface area contributed by atoms with Gasteiger partial charge in [0.25, 0.3) is 5.91 Å². The van der Waals surface area contributed by atoms with Crippen molar-refractivity contribution in [2.24, 2.45) is 5.92 Å². The van der Waals surface area contributed by atoms with Crippen molar-refractivity contribution < 1.29 is 24.2 Å². The minimum absolute atomic E-state index is 0.196. The van der Waals surface area contributed by atoms with Gasteiger partial charge in [0.15, 0.2) is 11.5 Å². The minimum Gasteiger partial charge on any atom is -0.486 e. The molecular weight excluding hydrogens is 342 g/mol. The molecule has 2 heterocycles. The number of amides is 1. The Labute approximate surface area is 149 Å². The molecule has 6 nitrogen and oxygen atoms in total. The number of benzene rings is 1. The molecule has 0 fully saturated rings. The third-order valence-electron chi connectivity index (χ3n) is 3.88. The summed E-state index contributed by atoms with van der Waals surface area (Å²) in [5, 5.41) is 11.8. The number of carboxylic acid groups (broad SMARTS) is 1. The predicted octanol–water partition coefficient (Wildman–Crippen LogP) is 3.03. The van der Waals surface area contributed by atoms with Gasteiger partial charge in [-0.1, -0.05) is 13.8 Å². The minimum atomic E-state index is -1.04. The van der Waals surface area contributed by atoms with Crippen molar-refractivity contribution in [1.82, 2.24) is 5.32 Å². The summed E-state index contributed by atoms with van der Waals surface area (Å²) in [4.78, 5) is 24.9. The van der Waals surface area contributed by atoms with E-state index in [1.165, 1.54) is 11.3 Å². The zero-order valence-electron chi connectivity index (χ0n) is 13.9. The molecule has 1 aliphatic heterocycles. The van der Waals surface area contributed by atoms with Gasteiger partial charge in [0.05, 0.1) is 4.88 Å². The summed E-state index contributed by atoms with van der Waals surface area (Å²) in [5.74, 6) is -0.208. The average Bonchev–Trinajstić information content (AvgIpc) is 3.08. The van der Waals surface area contributed by atoms with Gasteiger partial charge in [0, 0.05) is 4.88 Å². The normalized spacial score (nSPS) is 14.2. The Morgan fingerprint density at radius 1 is 1.12 bits per heavy atom. The lowest BCUT2D eigenvalue weighted by atomic mass is 10.0. The fourth-order valence-corrected chi connectivity index (χ4v) is 3.44. The van der Waals surface area contributed by atoms with E-state index < -0.39 is 12.0 Å². The molecule has 3 rings (SSSR count). The second kappa shape index (κ2) is 7.14. The van der Waals surface area contributed by atoms with Gasteiger partial charge < -0.3 is 19.9 Å². The van der Waals surface area contributed by atoms with Crippen LogP contribution in [0.5, 0.6) is 11.5 Å². The molecule has 132 valence electrons. The zero-order valence-corrected chi connectivity index (χ0v) is 14.8. The summed E-state index contributed by atoms with van der Waals surface area (Å²) in [5.41, 5.74) is 0.923. The van der Waals surface area contributed by atoms with Crippen molar-refractivity contribution in [2.45, 2.75) is 19.9 Å². The van der Waals surface area contributed by atoms with E-state index in [1.807, 2.05) is 24.3 Å². The quantitative estimate of drug-likeness (QED) is 0.855. The van der Waals surface area contributed by atoms with Gasteiger partial charge in [-0.2, -0.15) is 0 Å². The molecule has 0 unspecified atom stereocenters. The van der Waals surface area contributed by atoms with Crippen molar-refractivity contribution in [3.8, 4) is 21.9 Å². The van der Waals surface area contributed by atoms with Crippen LogP contribution in [-0.2, 0) is 4.79 Å². The van der Waals surface area contributed by atoms with Crippen molar-refractivity contribution in [2.75, 3.05) is 13.2 Å². The van der Waals surface area contributed by atoms with E-state index in [1.54, 1.807) is 19.9 Å². The summed E-state index contributed by atoms with van der Waals surface area (Å²) in [6.07, 6.45) is 0. The molecule has 1 aromatic heterocycles. The number of thiophene rings is 1. The summed E-state index contributed by atoms with van der Waals surface area (Å²) >= 11 is 1.31. The second-order valence-electron chi connectivity index (χ2n) is 6.06. The third-order valence-corrected chi connectivity index (χ3v) is 5.01. The first-order valence-electron chi connectivity index (χ1n) is 7.99. The number of nitrogens with one attached hydrogen (secondary N) is 1. The number of carbonyl (C=O) groups is 2. The monoisotopic (exact) mass is 361 g/mol. The Kier molecular flexibility index (Phi) is 4.94. The molecule has 1 aromatic carbocycles. The number of fused-ring (bicyclic) bond motifs is 1. The van der Waals surface area contributed by atoms with Crippen molar-refractivity contribution in [3.05, 3.63) is 35.2 Å². The Hall–Kier alpha value is -2.54. The van der Waals surface area contributed by atoms with Gasteiger partial charge >= 0.3 is 5.97 Å². The molecule has 0 aliphatic carbocycles. The standard InChI is InChI=1S/C18H19NO5S/c1-10(2)16(18(21)22)19-17(20)15-6-5-14(25-15)11-3-4-12-13(9-11)24-8-7-23-12/h3-6,9-10,16H,7-8H2,1-2H3,(H,19,20)(H,21,22)/t16-/m1/s1. The summed E-state index contributed by atoms with van der Waals surface area (Å²) in [7, 11) is 0. The van der Waals surface area contributed by atoms with E-state index in [2.05, 4.69) is 5.32 Å². The number of aliphatic carboxylic acids is 1. The molecule has 0 saturated carbocycles. The van der Waals surface area contributed by atoms with Crippen LogP contribution < -0.4 is 14.8 Å². The zero-order chi connectivity index (χ0) is 18.0. The number of carboxylic acids is 1. The number of rotatable bonds is 5. The molecule has 0 saturated heterocycles. The van der Waals surface area contributed by atoms with Gasteiger partial charge in [-0.15, -0.1) is 11.3 Å². The van der Waals surface area contributed by atoms with E-state index in [0.29, 0.717) is 29.6 Å².